The summed E-state index contributed by atoms with van der Waals surface area (Å²) in [6.07, 6.45) is 1.78. The lowest BCUT2D eigenvalue weighted by Gasteiger charge is -2.18. The predicted octanol–water partition coefficient (Wildman–Crippen LogP) is 1.42. The summed E-state index contributed by atoms with van der Waals surface area (Å²) >= 11 is 5.80. The molecule has 0 saturated carbocycles. The van der Waals surface area contributed by atoms with Crippen molar-refractivity contribution < 1.29 is 9.53 Å². The third kappa shape index (κ3) is 3.73. The number of H-pyrrole nitrogens is 1. The molecule has 1 atom stereocenters. The van der Waals surface area contributed by atoms with Crippen LogP contribution >= 0.6 is 11.6 Å². The molecule has 0 aromatic carbocycles. The van der Waals surface area contributed by atoms with E-state index in [2.05, 4.69) is 15.3 Å². The Morgan fingerprint density at radius 1 is 1.61 bits per heavy atom. The Morgan fingerprint density at radius 2 is 2.28 bits per heavy atom. The lowest BCUT2D eigenvalue weighted by atomic mass is 10.0. The number of anilines is 1. The van der Waals surface area contributed by atoms with Crippen molar-refractivity contribution in [3.8, 4) is 0 Å². The van der Waals surface area contributed by atoms with Crippen LogP contribution in [0.5, 0.6) is 0 Å². The van der Waals surface area contributed by atoms with Crippen molar-refractivity contribution in [3.63, 3.8) is 0 Å². The highest BCUT2D eigenvalue weighted by molar-refractivity contribution is 6.32. The van der Waals surface area contributed by atoms with Gasteiger partial charge in [-0.3, -0.25) is 4.79 Å². The van der Waals surface area contributed by atoms with Gasteiger partial charge in [0, 0.05) is 0 Å². The molecule has 1 unspecified atom stereocenters. The van der Waals surface area contributed by atoms with E-state index < -0.39 is 17.6 Å². The van der Waals surface area contributed by atoms with Crippen molar-refractivity contribution >= 4 is 23.4 Å². The second-order valence-corrected chi connectivity index (χ2v) is 4.62. The number of carbonyl (C=O) groups excluding carboxylic acids is 1. The molecule has 1 heterocycles. The minimum atomic E-state index is -0.582. The first kappa shape index (κ1) is 14.5. The van der Waals surface area contributed by atoms with Gasteiger partial charge in [-0.05, 0) is 12.3 Å². The third-order valence-electron chi connectivity index (χ3n) is 2.30. The van der Waals surface area contributed by atoms with Gasteiger partial charge in [-0.2, -0.15) is 0 Å². The summed E-state index contributed by atoms with van der Waals surface area (Å²) in [4.78, 5) is 29.1. The molecular weight excluding hydrogens is 258 g/mol. The summed E-state index contributed by atoms with van der Waals surface area (Å²) in [6.45, 7) is 3.95. The molecule has 1 aromatic heterocycles. The average Bonchev–Trinajstić information content (AvgIpc) is 2.32. The zero-order valence-electron chi connectivity index (χ0n) is 10.5. The van der Waals surface area contributed by atoms with Gasteiger partial charge in [0.05, 0.1) is 13.4 Å². The molecule has 0 aliphatic carbocycles. The molecule has 0 fully saturated rings. The maximum absolute atomic E-state index is 11.6. The van der Waals surface area contributed by atoms with Crippen molar-refractivity contribution in [1.82, 2.24) is 9.97 Å². The lowest BCUT2D eigenvalue weighted by Crippen LogP contribution is -2.33. The number of aromatic nitrogens is 2. The molecule has 0 spiro atoms. The van der Waals surface area contributed by atoms with E-state index in [1.807, 2.05) is 13.8 Å². The fraction of sp³-hybridized carbons (Fsp3) is 0.545. The SMILES string of the molecule is COC(=O)C(CC(C)C)Nc1nc[nH]c(=O)c1Cl. The Labute approximate surface area is 110 Å². The van der Waals surface area contributed by atoms with Crippen LogP contribution in [0.2, 0.25) is 5.02 Å². The Morgan fingerprint density at radius 3 is 2.83 bits per heavy atom. The Balaban J connectivity index is 2.92. The van der Waals surface area contributed by atoms with E-state index in [4.69, 9.17) is 16.3 Å². The van der Waals surface area contributed by atoms with E-state index in [0.717, 1.165) is 0 Å². The van der Waals surface area contributed by atoms with Crippen LogP contribution in [-0.4, -0.2) is 29.1 Å². The molecule has 0 saturated heterocycles. The van der Waals surface area contributed by atoms with Gasteiger partial charge < -0.3 is 15.0 Å². The normalized spacial score (nSPS) is 12.3. The van der Waals surface area contributed by atoms with E-state index >= 15 is 0 Å². The molecule has 18 heavy (non-hydrogen) atoms. The fourth-order valence-corrected chi connectivity index (χ4v) is 1.63. The first-order chi connectivity index (χ1) is 8.45. The molecule has 1 rings (SSSR count). The second-order valence-electron chi connectivity index (χ2n) is 4.24. The maximum Gasteiger partial charge on any atom is 0.328 e. The van der Waals surface area contributed by atoms with Crippen LogP contribution < -0.4 is 10.9 Å². The van der Waals surface area contributed by atoms with E-state index in [1.54, 1.807) is 0 Å². The highest BCUT2D eigenvalue weighted by atomic mass is 35.5. The molecule has 0 radical (unpaired) electrons. The summed E-state index contributed by atoms with van der Waals surface area (Å²) in [5, 5.41) is 2.76. The molecule has 2 N–H and O–H groups in total. The van der Waals surface area contributed by atoms with E-state index in [9.17, 15) is 9.59 Å². The van der Waals surface area contributed by atoms with Gasteiger partial charge in [0.2, 0.25) is 0 Å². The number of aromatic amines is 1. The van der Waals surface area contributed by atoms with Crippen LogP contribution in [0.1, 0.15) is 20.3 Å². The van der Waals surface area contributed by atoms with Gasteiger partial charge in [0.15, 0.2) is 5.82 Å². The Hall–Kier alpha value is -1.56. The molecule has 0 aliphatic heterocycles. The zero-order chi connectivity index (χ0) is 13.7. The molecule has 0 aliphatic rings. The molecule has 0 amide bonds. The number of nitrogens with one attached hydrogen (secondary N) is 2. The largest absolute Gasteiger partial charge is 0.467 e. The summed E-state index contributed by atoms with van der Waals surface area (Å²) in [5.74, 6) is 0.0423. The number of ether oxygens (including phenoxy) is 1. The second kappa shape index (κ2) is 6.39. The van der Waals surface area contributed by atoms with E-state index in [0.29, 0.717) is 6.42 Å². The van der Waals surface area contributed by atoms with Crippen molar-refractivity contribution in [2.75, 3.05) is 12.4 Å². The van der Waals surface area contributed by atoms with Crippen LogP contribution in [-0.2, 0) is 9.53 Å². The number of esters is 1. The van der Waals surface area contributed by atoms with Gasteiger partial charge in [-0.15, -0.1) is 0 Å². The minimum absolute atomic E-state index is 0.0739. The molecule has 0 bridgehead atoms. The number of methoxy groups -OCH3 is 1. The standard InChI is InChI=1S/C11H16ClN3O3/c1-6(2)4-7(11(17)18-3)15-9-8(12)10(16)14-5-13-9/h5-7H,4H2,1-3H3,(H2,13,14,15,16). The summed E-state index contributed by atoms with van der Waals surface area (Å²) < 4.78 is 4.70. The van der Waals surface area contributed by atoms with Crippen molar-refractivity contribution in [1.29, 1.82) is 0 Å². The predicted molar refractivity (Wildman–Crippen MR) is 68.7 cm³/mol. The topological polar surface area (TPSA) is 84.1 Å². The zero-order valence-corrected chi connectivity index (χ0v) is 11.2. The van der Waals surface area contributed by atoms with Crippen LogP contribution in [0.3, 0.4) is 0 Å². The minimum Gasteiger partial charge on any atom is -0.467 e. The molecule has 7 heteroatoms. The first-order valence-corrected chi connectivity index (χ1v) is 5.91. The quantitative estimate of drug-likeness (QED) is 0.793. The number of rotatable bonds is 5. The van der Waals surface area contributed by atoms with Crippen LogP contribution in [0, 0.1) is 5.92 Å². The number of hydrogen-bond donors (Lipinski definition) is 2. The highest BCUT2D eigenvalue weighted by Crippen LogP contribution is 2.17. The van der Waals surface area contributed by atoms with Gasteiger partial charge in [-0.25, -0.2) is 9.78 Å². The van der Waals surface area contributed by atoms with Gasteiger partial charge in [0.25, 0.3) is 5.56 Å². The van der Waals surface area contributed by atoms with Crippen molar-refractivity contribution in [2.45, 2.75) is 26.3 Å². The summed E-state index contributed by atoms with van der Waals surface area (Å²) in [5.41, 5.74) is -0.456. The van der Waals surface area contributed by atoms with E-state index in [1.165, 1.54) is 13.4 Å². The van der Waals surface area contributed by atoms with E-state index in [-0.39, 0.29) is 16.8 Å². The fourth-order valence-electron chi connectivity index (χ4n) is 1.48. The highest BCUT2D eigenvalue weighted by Gasteiger charge is 2.22. The molecule has 6 nitrogen and oxygen atoms in total. The molecule has 1 aromatic rings. The molecule has 100 valence electrons. The van der Waals surface area contributed by atoms with Crippen LogP contribution in [0.15, 0.2) is 11.1 Å². The van der Waals surface area contributed by atoms with Gasteiger partial charge in [0.1, 0.15) is 11.1 Å². The Bertz CT molecular complexity index is 473. The summed E-state index contributed by atoms with van der Waals surface area (Å²) in [6, 6.07) is -0.582. The smallest absolute Gasteiger partial charge is 0.328 e. The monoisotopic (exact) mass is 273 g/mol. The lowest BCUT2D eigenvalue weighted by molar-refractivity contribution is -0.141. The van der Waals surface area contributed by atoms with Crippen molar-refractivity contribution in [3.05, 3.63) is 21.7 Å². The van der Waals surface area contributed by atoms with Crippen LogP contribution in [0.4, 0.5) is 5.82 Å². The van der Waals surface area contributed by atoms with Crippen molar-refractivity contribution in [2.24, 2.45) is 5.92 Å². The maximum atomic E-state index is 11.6. The number of halogens is 1. The number of carbonyl (C=O) groups is 1. The van der Waals surface area contributed by atoms with Gasteiger partial charge >= 0.3 is 5.97 Å². The Kier molecular flexibility index (Phi) is 5.15. The number of nitrogens with zero attached hydrogens (tertiary/aromatic N) is 1. The van der Waals surface area contributed by atoms with Gasteiger partial charge in [-0.1, -0.05) is 25.4 Å². The molecular formula is C11H16ClN3O3. The van der Waals surface area contributed by atoms with Crippen LogP contribution in [0.25, 0.3) is 0 Å². The third-order valence-corrected chi connectivity index (χ3v) is 2.65. The first-order valence-electron chi connectivity index (χ1n) is 5.53. The average molecular weight is 274 g/mol. The summed E-state index contributed by atoms with van der Waals surface area (Å²) in [7, 11) is 1.31. The number of hydrogen-bond acceptors (Lipinski definition) is 5.